The number of carbonyl (C=O) groups excluding carboxylic acids is 2. The van der Waals surface area contributed by atoms with Gasteiger partial charge in [0.05, 0.1) is 7.11 Å². The van der Waals surface area contributed by atoms with E-state index in [1.165, 1.54) is 7.11 Å². The number of amides is 1. The van der Waals surface area contributed by atoms with Gasteiger partial charge in [-0.2, -0.15) is 0 Å². The van der Waals surface area contributed by atoms with Crippen LogP contribution < -0.4 is 11.1 Å². The zero-order valence-electron chi connectivity index (χ0n) is 11.1. The van der Waals surface area contributed by atoms with Crippen LogP contribution in [0.1, 0.15) is 29.6 Å². The van der Waals surface area contributed by atoms with E-state index in [4.69, 9.17) is 5.73 Å². The average Bonchev–Trinajstić information content (AvgIpc) is 2.46. The molecule has 19 heavy (non-hydrogen) atoms. The van der Waals surface area contributed by atoms with Crippen molar-refractivity contribution < 1.29 is 14.3 Å². The molecule has 1 aromatic carbocycles. The summed E-state index contributed by atoms with van der Waals surface area (Å²) in [6.07, 6.45) is 2.11. The number of rotatable bonds is 7. The maximum absolute atomic E-state index is 11.7. The molecule has 0 bridgehead atoms. The zero-order chi connectivity index (χ0) is 14.1. The van der Waals surface area contributed by atoms with E-state index >= 15 is 0 Å². The molecule has 0 unspecified atom stereocenters. The van der Waals surface area contributed by atoms with Crippen LogP contribution in [0, 0.1) is 0 Å². The molecule has 5 nitrogen and oxygen atoms in total. The number of methoxy groups -OCH3 is 1. The lowest BCUT2D eigenvalue weighted by Crippen LogP contribution is -2.31. The van der Waals surface area contributed by atoms with Crippen molar-refractivity contribution in [3.05, 3.63) is 35.9 Å². The van der Waals surface area contributed by atoms with E-state index in [9.17, 15) is 9.59 Å². The number of hydrogen-bond acceptors (Lipinski definition) is 4. The number of carbonyl (C=O) groups is 2. The highest BCUT2D eigenvalue weighted by Gasteiger charge is 2.12. The minimum absolute atomic E-state index is 0.0853. The molecular formula is C14H20N2O3. The van der Waals surface area contributed by atoms with Crippen LogP contribution in [0.15, 0.2) is 30.3 Å². The number of hydrogen-bond donors (Lipinski definition) is 2. The van der Waals surface area contributed by atoms with Crippen LogP contribution in [-0.2, 0) is 9.53 Å². The molecule has 1 atom stereocenters. The minimum atomic E-state index is -0.574. The first kappa shape index (κ1) is 15.2. The van der Waals surface area contributed by atoms with E-state index < -0.39 is 12.0 Å². The normalized spacial score (nSPS) is 11.7. The smallest absolute Gasteiger partial charge is 0.322 e. The quantitative estimate of drug-likeness (QED) is 0.570. The van der Waals surface area contributed by atoms with Crippen LogP contribution in [0.2, 0.25) is 0 Å². The molecule has 0 radical (unpaired) electrons. The molecule has 1 amide bonds. The molecule has 0 aliphatic heterocycles. The third kappa shape index (κ3) is 5.52. The lowest BCUT2D eigenvalue weighted by atomic mass is 10.1. The van der Waals surface area contributed by atoms with Crippen LogP contribution in [0.3, 0.4) is 0 Å². The fourth-order valence-corrected chi connectivity index (χ4v) is 1.65. The predicted molar refractivity (Wildman–Crippen MR) is 72.6 cm³/mol. The Balaban J connectivity index is 2.15. The monoisotopic (exact) mass is 264 g/mol. The standard InChI is InChI=1S/C14H20N2O3/c1-19-14(18)12(15)9-5-6-10-16-13(17)11-7-3-2-4-8-11/h2-4,7-8,12H,5-6,9-10,15H2,1H3,(H,16,17)/t12-/m0/s1. The Kier molecular flexibility index (Phi) is 6.60. The van der Waals surface area contributed by atoms with Gasteiger partial charge in [0.2, 0.25) is 0 Å². The second-order valence-electron chi connectivity index (χ2n) is 4.25. The van der Waals surface area contributed by atoms with Gasteiger partial charge in [-0.15, -0.1) is 0 Å². The zero-order valence-corrected chi connectivity index (χ0v) is 11.1. The number of ether oxygens (including phenoxy) is 1. The van der Waals surface area contributed by atoms with Crippen LogP contribution in [-0.4, -0.2) is 31.6 Å². The fourth-order valence-electron chi connectivity index (χ4n) is 1.65. The molecule has 1 aromatic rings. The molecule has 0 fully saturated rings. The summed E-state index contributed by atoms with van der Waals surface area (Å²) in [7, 11) is 1.32. The second kappa shape index (κ2) is 8.26. The van der Waals surface area contributed by atoms with Crippen molar-refractivity contribution >= 4 is 11.9 Å². The van der Waals surface area contributed by atoms with Crippen LogP contribution in [0.5, 0.6) is 0 Å². The van der Waals surface area contributed by atoms with Gasteiger partial charge in [-0.3, -0.25) is 9.59 Å². The highest BCUT2D eigenvalue weighted by atomic mass is 16.5. The van der Waals surface area contributed by atoms with Gasteiger partial charge in [0.15, 0.2) is 0 Å². The van der Waals surface area contributed by atoms with Crippen molar-refractivity contribution in [3.63, 3.8) is 0 Å². The molecule has 104 valence electrons. The van der Waals surface area contributed by atoms with Crippen LogP contribution in [0.25, 0.3) is 0 Å². The third-order valence-corrected chi connectivity index (χ3v) is 2.77. The van der Waals surface area contributed by atoms with Gasteiger partial charge < -0.3 is 15.8 Å². The van der Waals surface area contributed by atoms with E-state index in [1.807, 2.05) is 18.2 Å². The molecular weight excluding hydrogens is 244 g/mol. The Morgan fingerprint density at radius 3 is 2.58 bits per heavy atom. The van der Waals surface area contributed by atoms with E-state index in [-0.39, 0.29) is 5.91 Å². The minimum Gasteiger partial charge on any atom is -0.468 e. The number of benzene rings is 1. The maximum atomic E-state index is 11.7. The van der Waals surface area contributed by atoms with E-state index in [1.54, 1.807) is 12.1 Å². The van der Waals surface area contributed by atoms with E-state index in [2.05, 4.69) is 10.1 Å². The molecule has 0 saturated heterocycles. The first-order chi connectivity index (χ1) is 9.15. The van der Waals surface area contributed by atoms with E-state index in [0.29, 0.717) is 18.5 Å². The van der Waals surface area contributed by atoms with Crippen molar-refractivity contribution in [2.45, 2.75) is 25.3 Å². The highest BCUT2D eigenvalue weighted by Crippen LogP contribution is 2.01. The Morgan fingerprint density at radius 2 is 1.95 bits per heavy atom. The molecule has 5 heteroatoms. The van der Waals surface area contributed by atoms with Crippen molar-refractivity contribution in [2.24, 2.45) is 5.73 Å². The highest BCUT2D eigenvalue weighted by molar-refractivity contribution is 5.94. The van der Waals surface area contributed by atoms with Gasteiger partial charge >= 0.3 is 5.97 Å². The third-order valence-electron chi connectivity index (χ3n) is 2.77. The summed E-state index contributed by atoms with van der Waals surface area (Å²) >= 11 is 0. The Bertz CT molecular complexity index is 406. The number of esters is 1. The summed E-state index contributed by atoms with van der Waals surface area (Å²) in [4.78, 5) is 22.7. The first-order valence-electron chi connectivity index (χ1n) is 6.32. The molecule has 0 aliphatic carbocycles. The van der Waals surface area contributed by atoms with Gasteiger partial charge in [0.25, 0.3) is 5.91 Å². The molecule has 0 spiro atoms. The van der Waals surface area contributed by atoms with Crippen LogP contribution >= 0.6 is 0 Å². The number of nitrogens with two attached hydrogens (primary N) is 1. The number of unbranched alkanes of at least 4 members (excludes halogenated alkanes) is 1. The number of nitrogens with one attached hydrogen (secondary N) is 1. The van der Waals surface area contributed by atoms with Gasteiger partial charge in [-0.1, -0.05) is 18.2 Å². The molecule has 0 saturated carbocycles. The molecule has 0 aliphatic rings. The maximum Gasteiger partial charge on any atom is 0.322 e. The summed E-state index contributed by atoms with van der Waals surface area (Å²) in [6, 6.07) is 8.47. The van der Waals surface area contributed by atoms with Crippen molar-refractivity contribution in [2.75, 3.05) is 13.7 Å². The Hall–Kier alpha value is -1.88. The lowest BCUT2D eigenvalue weighted by Gasteiger charge is -2.09. The summed E-state index contributed by atoms with van der Waals surface area (Å²) in [5, 5.41) is 2.82. The van der Waals surface area contributed by atoms with Gasteiger partial charge in [-0.05, 0) is 31.4 Å². The molecule has 3 N–H and O–H groups in total. The predicted octanol–water partition coefficient (Wildman–Crippen LogP) is 1.09. The van der Waals surface area contributed by atoms with Crippen molar-refractivity contribution in [3.8, 4) is 0 Å². The van der Waals surface area contributed by atoms with Gasteiger partial charge in [0.1, 0.15) is 6.04 Å². The molecule has 0 aromatic heterocycles. The average molecular weight is 264 g/mol. The van der Waals surface area contributed by atoms with Gasteiger partial charge in [0, 0.05) is 12.1 Å². The topological polar surface area (TPSA) is 81.4 Å². The lowest BCUT2D eigenvalue weighted by molar-refractivity contribution is -0.142. The van der Waals surface area contributed by atoms with E-state index in [0.717, 1.165) is 12.8 Å². The van der Waals surface area contributed by atoms with Gasteiger partial charge in [-0.25, -0.2) is 0 Å². The largest absolute Gasteiger partial charge is 0.468 e. The summed E-state index contributed by atoms with van der Waals surface area (Å²) in [6.45, 7) is 0.571. The summed E-state index contributed by atoms with van der Waals surface area (Å²) < 4.78 is 4.53. The molecule has 0 heterocycles. The summed E-state index contributed by atoms with van der Waals surface area (Å²) in [5.41, 5.74) is 6.25. The first-order valence-corrected chi connectivity index (χ1v) is 6.32. The second-order valence-corrected chi connectivity index (χ2v) is 4.25. The molecule has 1 rings (SSSR count). The van der Waals surface area contributed by atoms with Crippen LogP contribution in [0.4, 0.5) is 0 Å². The summed E-state index contributed by atoms with van der Waals surface area (Å²) in [5.74, 6) is -0.480. The SMILES string of the molecule is COC(=O)[C@@H](N)CCCCNC(=O)c1ccccc1. The fraction of sp³-hybridized carbons (Fsp3) is 0.429. The Morgan fingerprint density at radius 1 is 1.26 bits per heavy atom. The van der Waals surface area contributed by atoms with Crippen molar-refractivity contribution in [1.29, 1.82) is 0 Å². The van der Waals surface area contributed by atoms with Crippen molar-refractivity contribution in [1.82, 2.24) is 5.32 Å². The Labute approximate surface area is 113 Å².